The fourth-order valence-electron chi connectivity index (χ4n) is 2.30. The van der Waals surface area contributed by atoms with Crippen LogP contribution < -0.4 is 10.0 Å². The van der Waals surface area contributed by atoms with Gasteiger partial charge in [0.25, 0.3) is 5.91 Å². The van der Waals surface area contributed by atoms with Gasteiger partial charge in [0.1, 0.15) is 0 Å². The maximum absolute atomic E-state index is 12.4. The molecule has 3 rings (SSSR count). The first-order valence-corrected chi connectivity index (χ1v) is 10.0. The van der Waals surface area contributed by atoms with Crippen LogP contribution in [0.5, 0.6) is 0 Å². The second-order valence-corrected chi connectivity index (χ2v) is 7.75. The molecular formula is C17H15ClN4O4S. The summed E-state index contributed by atoms with van der Waals surface area (Å²) in [6, 6.07) is 13.3. The maximum Gasteiger partial charge on any atom is 0.253 e. The molecule has 1 heterocycles. The number of rotatable bonds is 6. The van der Waals surface area contributed by atoms with Crippen molar-refractivity contribution < 1.29 is 17.7 Å². The number of nitrogens with one attached hydrogen (secondary N) is 2. The fourth-order valence-corrected chi connectivity index (χ4v) is 3.10. The molecule has 1 aromatic heterocycles. The van der Waals surface area contributed by atoms with Crippen molar-refractivity contribution in [2.45, 2.75) is 6.54 Å². The van der Waals surface area contributed by atoms with Crippen LogP contribution in [0.25, 0.3) is 11.4 Å². The normalized spacial score (nSPS) is 11.2. The summed E-state index contributed by atoms with van der Waals surface area (Å²) in [6.07, 6.45) is 1.01. The monoisotopic (exact) mass is 406 g/mol. The number of amides is 1. The van der Waals surface area contributed by atoms with Gasteiger partial charge in [-0.05, 0) is 24.3 Å². The number of sulfonamides is 1. The van der Waals surface area contributed by atoms with E-state index in [9.17, 15) is 13.2 Å². The summed E-state index contributed by atoms with van der Waals surface area (Å²) in [5.41, 5.74) is 0.969. The van der Waals surface area contributed by atoms with Gasteiger partial charge in [0.15, 0.2) is 0 Å². The summed E-state index contributed by atoms with van der Waals surface area (Å²) in [7, 11) is -3.52. The molecule has 2 N–H and O–H groups in total. The summed E-state index contributed by atoms with van der Waals surface area (Å²) >= 11 is 6.10. The predicted octanol–water partition coefficient (Wildman–Crippen LogP) is 2.69. The molecule has 0 spiro atoms. The van der Waals surface area contributed by atoms with Crippen LogP contribution in [0.2, 0.25) is 5.02 Å². The van der Waals surface area contributed by atoms with Crippen molar-refractivity contribution in [1.29, 1.82) is 0 Å². The number of carbonyl (C=O) groups excluding carboxylic acids is 1. The van der Waals surface area contributed by atoms with Gasteiger partial charge < -0.3 is 9.84 Å². The van der Waals surface area contributed by atoms with E-state index in [1.54, 1.807) is 36.4 Å². The lowest BCUT2D eigenvalue weighted by atomic mass is 10.1. The highest BCUT2D eigenvalue weighted by Crippen LogP contribution is 2.24. The molecule has 140 valence electrons. The van der Waals surface area contributed by atoms with Gasteiger partial charge >= 0.3 is 0 Å². The van der Waals surface area contributed by atoms with Crippen molar-refractivity contribution in [3.05, 3.63) is 65.0 Å². The zero-order valence-corrected chi connectivity index (χ0v) is 15.7. The number of carbonyl (C=O) groups is 1. The summed E-state index contributed by atoms with van der Waals surface area (Å²) in [5, 5.41) is 6.95. The summed E-state index contributed by atoms with van der Waals surface area (Å²) in [6.45, 7) is -0.0243. The third kappa shape index (κ3) is 4.83. The zero-order valence-electron chi connectivity index (χ0n) is 14.1. The topological polar surface area (TPSA) is 114 Å². The Morgan fingerprint density at radius 1 is 1.15 bits per heavy atom. The van der Waals surface area contributed by atoms with Crippen LogP contribution in [-0.4, -0.2) is 30.7 Å². The zero-order chi connectivity index (χ0) is 19.4. The third-order valence-corrected chi connectivity index (χ3v) is 4.37. The number of para-hydroxylation sites is 1. The molecule has 0 aliphatic rings. The van der Waals surface area contributed by atoms with E-state index in [1.807, 2.05) is 0 Å². The first-order valence-electron chi connectivity index (χ1n) is 7.76. The summed E-state index contributed by atoms with van der Waals surface area (Å²) < 4.78 is 30.3. The molecule has 0 unspecified atom stereocenters. The number of hydrogen-bond acceptors (Lipinski definition) is 6. The molecule has 0 saturated heterocycles. The third-order valence-electron chi connectivity index (χ3n) is 3.45. The van der Waals surface area contributed by atoms with Crippen LogP contribution in [0.3, 0.4) is 0 Å². The molecule has 27 heavy (non-hydrogen) atoms. The van der Waals surface area contributed by atoms with Gasteiger partial charge in [0, 0.05) is 5.56 Å². The highest BCUT2D eigenvalue weighted by Gasteiger charge is 2.16. The van der Waals surface area contributed by atoms with Gasteiger partial charge in [-0.3, -0.25) is 9.52 Å². The lowest BCUT2D eigenvalue weighted by molar-refractivity contribution is 0.0947. The van der Waals surface area contributed by atoms with Crippen LogP contribution in [0.15, 0.2) is 53.1 Å². The van der Waals surface area contributed by atoms with Crippen LogP contribution in [0, 0.1) is 0 Å². The van der Waals surface area contributed by atoms with Crippen LogP contribution in [0.4, 0.5) is 5.69 Å². The highest BCUT2D eigenvalue weighted by molar-refractivity contribution is 7.92. The van der Waals surface area contributed by atoms with Crippen molar-refractivity contribution in [1.82, 2.24) is 15.5 Å². The molecule has 3 aromatic rings. The standard InChI is InChI=1S/C17H15ClN4O4S/c1-27(24,25)22-14-9-5-3-7-12(14)17(23)19-10-15-20-16(21-26-15)11-6-2-4-8-13(11)18/h2-9,22H,10H2,1H3,(H,19,23). The second-order valence-electron chi connectivity index (χ2n) is 5.59. The van der Waals surface area contributed by atoms with E-state index in [-0.39, 0.29) is 23.7 Å². The number of hydrogen-bond donors (Lipinski definition) is 2. The minimum atomic E-state index is -3.52. The number of halogens is 1. The molecule has 0 radical (unpaired) electrons. The van der Waals surface area contributed by atoms with E-state index in [2.05, 4.69) is 20.2 Å². The van der Waals surface area contributed by atoms with Crippen LogP contribution in [-0.2, 0) is 16.6 Å². The fraction of sp³-hybridized carbons (Fsp3) is 0.118. The van der Waals surface area contributed by atoms with Crippen LogP contribution >= 0.6 is 11.6 Å². The van der Waals surface area contributed by atoms with E-state index in [0.29, 0.717) is 16.4 Å². The molecule has 0 bridgehead atoms. The van der Waals surface area contributed by atoms with Gasteiger partial charge in [-0.1, -0.05) is 41.0 Å². The number of benzene rings is 2. The molecule has 0 aliphatic heterocycles. The Morgan fingerprint density at radius 2 is 1.85 bits per heavy atom. The van der Waals surface area contributed by atoms with E-state index in [0.717, 1.165) is 6.26 Å². The average Bonchev–Trinajstić information content (AvgIpc) is 3.08. The number of anilines is 1. The lowest BCUT2D eigenvalue weighted by Gasteiger charge is -2.10. The Kier molecular flexibility index (Phi) is 5.43. The Bertz CT molecular complexity index is 1080. The predicted molar refractivity (Wildman–Crippen MR) is 101 cm³/mol. The summed E-state index contributed by atoms with van der Waals surface area (Å²) in [4.78, 5) is 16.6. The molecule has 0 saturated carbocycles. The highest BCUT2D eigenvalue weighted by atomic mass is 35.5. The first kappa shape index (κ1) is 18.9. The van der Waals surface area contributed by atoms with E-state index >= 15 is 0 Å². The molecular weight excluding hydrogens is 392 g/mol. The van der Waals surface area contributed by atoms with Gasteiger partial charge in [-0.25, -0.2) is 8.42 Å². The summed E-state index contributed by atoms with van der Waals surface area (Å²) in [5.74, 6) is 0.00931. The molecule has 1 amide bonds. The molecule has 0 fully saturated rings. The number of aromatic nitrogens is 2. The van der Waals surface area contributed by atoms with Crippen molar-refractivity contribution in [3.8, 4) is 11.4 Å². The Morgan fingerprint density at radius 3 is 2.59 bits per heavy atom. The van der Waals surface area contributed by atoms with Gasteiger partial charge in [-0.2, -0.15) is 4.98 Å². The quantitative estimate of drug-likeness (QED) is 0.650. The van der Waals surface area contributed by atoms with Gasteiger partial charge in [0.05, 0.1) is 29.1 Å². The maximum atomic E-state index is 12.4. The second kappa shape index (κ2) is 7.77. The molecule has 2 aromatic carbocycles. The Hall–Kier alpha value is -2.91. The van der Waals surface area contributed by atoms with E-state index in [1.165, 1.54) is 12.1 Å². The number of nitrogens with zero attached hydrogens (tertiary/aromatic N) is 2. The van der Waals surface area contributed by atoms with Crippen molar-refractivity contribution >= 4 is 33.2 Å². The van der Waals surface area contributed by atoms with Crippen molar-refractivity contribution in [3.63, 3.8) is 0 Å². The van der Waals surface area contributed by atoms with E-state index < -0.39 is 15.9 Å². The smallest absolute Gasteiger partial charge is 0.253 e. The van der Waals surface area contributed by atoms with E-state index in [4.69, 9.17) is 16.1 Å². The molecule has 8 nitrogen and oxygen atoms in total. The van der Waals surface area contributed by atoms with Crippen molar-refractivity contribution in [2.75, 3.05) is 11.0 Å². The van der Waals surface area contributed by atoms with Gasteiger partial charge in [0.2, 0.25) is 21.7 Å². The van der Waals surface area contributed by atoms with Crippen LogP contribution in [0.1, 0.15) is 16.2 Å². The average molecular weight is 407 g/mol. The van der Waals surface area contributed by atoms with Gasteiger partial charge in [-0.15, -0.1) is 0 Å². The molecule has 10 heteroatoms. The largest absolute Gasteiger partial charge is 0.343 e. The SMILES string of the molecule is CS(=O)(=O)Nc1ccccc1C(=O)NCc1nc(-c2ccccc2Cl)no1. The first-order chi connectivity index (χ1) is 12.8. The van der Waals surface area contributed by atoms with Crippen molar-refractivity contribution in [2.24, 2.45) is 0 Å². The Balaban J connectivity index is 1.71. The molecule has 0 aliphatic carbocycles. The molecule has 0 atom stereocenters. The minimum Gasteiger partial charge on any atom is -0.343 e. The minimum absolute atomic E-state index is 0.0243. The Labute approximate surface area is 160 Å². The lowest BCUT2D eigenvalue weighted by Crippen LogP contribution is -2.24.